The van der Waals surface area contributed by atoms with E-state index in [-0.39, 0.29) is 0 Å². The predicted octanol–water partition coefficient (Wildman–Crippen LogP) is 14.4. The third-order valence-electron chi connectivity index (χ3n) is 12.4. The first-order valence-electron chi connectivity index (χ1n) is 20.9. The third-order valence-corrected chi connectivity index (χ3v) is 12.4. The molecule has 0 amide bonds. The molecule has 0 fully saturated rings. The summed E-state index contributed by atoms with van der Waals surface area (Å²) in [6, 6.07) is 75.2. The summed E-state index contributed by atoms with van der Waals surface area (Å²) in [5, 5.41) is 16.6. The van der Waals surface area contributed by atoms with E-state index in [2.05, 4.69) is 202 Å². The van der Waals surface area contributed by atoms with Gasteiger partial charge in [-0.05, 0) is 60.2 Å². The molecule has 4 aromatic heterocycles. The van der Waals surface area contributed by atoms with E-state index in [9.17, 15) is 0 Å². The number of para-hydroxylation sites is 5. The first-order valence-corrected chi connectivity index (χ1v) is 20.9. The lowest BCUT2D eigenvalue weighted by molar-refractivity contribution is 0.669. The number of hydrogen-bond donors (Lipinski definition) is 0. The summed E-state index contributed by atoms with van der Waals surface area (Å²) >= 11 is 0. The summed E-state index contributed by atoms with van der Waals surface area (Å²) in [4.78, 5) is 0. The zero-order chi connectivity index (χ0) is 40.7. The molecule has 0 saturated heterocycles. The second-order valence-electron chi connectivity index (χ2n) is 15.8. The van der Waals surface area contributed by atoms with Crippen LogP contribution in [0.2, 0.25) is 0 Å². The molecule has 6 nitrogen and oxygen atoms in total. The van der Waals surface area contributed by atoms with E-state index >= 15 is 0 Å². The molecule has 4 heterocycles. The fourth-order valence-corrected chi connectivity index (χ4v) is 9.68. The zero-order valence-corrected chi connectivity index (χ0v) is 33.4. The van der Waals surface area contributed by atoms with E-state index < -0.39 is 0 Å². The lowest BCUT2D eigenvalue weighted by Crippen LogP contribution is -2.05. The van der Waals surface area contributed by atoms with Gasteiger partial charge in [0.2, 0.25) is 0 Å². The number of benzene rings is 9. The minimum absolute atomic E-state index is 0.779. The fraction of sp³-hybridized carbons (Fsp3) is 0. The van der Waals surface area contributed by atoms with Crippen molar-refractivity contribution in [3.63, 3.8) is 0 Å². The molecule has 0 N–H and O–H groups in total. The molecule has 13 rings (SSSR count). The van der Waals surface area contributed by atoms with Crippen LogP contribution in [0, 0.1) is 0 Å². The Kier molecular flexibility index (Phi) is 7.50. The number of hydrogen-bond acceptors (Lipinski definition) is 3. The van der Waals surface area contributed by atoms with Crippen LogP contribution in [0.15, 0.2) is 217 Å². The maximum atomic E-state index is 6.38. The highest BCUT2D eigenvalue weighted by molar-refractivity contribution is 6.17. The maximum absolute atomic E-state index is 6.38. The van der Waals surface area contributed by atoms with Crippen LogP contribution in [-0.2, 0) is 0 Å². The largest absolute Gasteiger partial charge is 0.456 e. The molecule has 0 atom stereocenters. The van der Waals surface area contributed by atoms with Crippen molar-refractivity contribution in [2.45, 2.75) is 0 Å². The second kappa shape index (κ2) is 13.5. The van der Waals surface area contributed by atoms with Crippen LogP contribution >= 0.6 is 0 Å². The number of rotatable bonds is 6. The molecule has 0 radical (unpaired) electrons. The number of aromatic nitrogens is 5. The van der Waals surface area contributed by atoms with Crippen molar-refractivity contribution in [3.8, 4) is 51.0 Å². The standard InChI is InChI=1S/C56H35N5O/c1-3-17-36(18-4-1)55-57-58-56(37-19-5-2-6-20-37)61(55)50-31-16-27-44-41-24-8-13-30-49(41)60(54(44)50)47-28-11-7-23-40(47)38-21-15-22-39(33-38)59-48-29-12-9-25-42(48)45-35-53-46(34-51(45)59)43-26-10-14-32-52(43)62-53/h1-35H. The Morgan fingerprint density at radius 3 is 1.65 bits per heavy atom. The van der Waals surface area contributed by atoms with Crippen LogP contribution in [-0.4, -0.2) is 23.9 Å². The first-order chi connectivity index (χ1) is 30.8. The van der Waals surface area contributed by atoms with Gasteiger partial charge >= 0.3 is 0 Å². The zero-order valence-electron chi connectivity index (χ0n) is 33.4. The summed E-state index contributed by atoms with van der Waals surface area (Å²) in [5.41, 5.74) is 13.6. The molecule has 0 aliphatic rings. The molecule has 13 aromatic rings. The van der Waals surface area contributed by atoms with Gasteiger partial charge in [0, 0.05) is 54.7 Å². The summed E-state index contributed by atoms with van der Waals surface area (Å²) in [7, 11) is 0. The Morgan fingerprint density at radius 2 is 0.887 bits per heavy atom. The van der Waals surface area contributed by atoms with Crippen LogP contribution in [0.1, 0.15) is 0 Å². The van der Waals surface area contributed by atoms with Crippen LogP contribution in [0.3, 0.4) is 0 Å². The lowest BCUT2D eigenvalue weighted by atomic mass is 10.0. The van der Waals surface area contributed by atoms with Crippen molar-refractivity contribution in [1.82, 2.24) is 23.9 Å². The van der Waals surface area contributed by atoms with Gasteiger partial charge in [-0.2, -0.15) is 0 Å². The fourth-order valence-electron chi connectivity index (χ4n) is 9.68. The topological polar surface area (TPSA) is 53.7 Å². The van der Waals surface area contributed by atoms with Crippen LogP contribution < -0.4 is 0 Å². The Hall–Kier alpha value is -8.48. The molecule has 0 aliphatic carbocycles. The average molecular weight is 794 g/mol. The summed E-state index contributed by atoms with van der Waals surface area (Å²) in [5.74, 6) is 1.56. The quantitative estimate of drug-likeness (QED) is 0.168. The van der Waals surface area contributed by atoms with E-state index in [4.69, 9.17) is 14.6 Å². The van der Waals surface area contributed by atoms with E-state index in [1.165, 1.54) is 10.8 Å². The van der Waals surface area contributed by atoms with E-state index in [1.54, 1.807) is 0 Å². The molecular weight excluding hydrogens is 759 g/mol. The summed E-state index contributed by atoms with van der Waals surface area (Å²) in [6.07, 6.45) is 0. The highest BCUT2D eigenvalue weighted by atomic mass is 16.3. The number of nitrogens with zero attached hydrogens (tertiary/aromatic N) is 5. The van der Waals surface area contributed by atoms with Gasteiger partial charge in [0.25, 0.3) is 0 Å². The van der Waals surface area contributed by atoms with Crippen molar-refractivity contribution in [2.75, 3.05) is 0 Å². The Morgan fingerprint density at radius 1 is 0.323 bits per heavy atom. The normalized spacial score (nSPS) is 11.9. The molecule has 0 unspecified atom stereocenters. The third kappa shape index (κ3) is 5.10. The van der Waals surface area contributed by atoms with Gasteiger partial charge in [-0.25, -0.2) is 0 Å². The maximum Gasteiger partial charge on any atom is 0.168 e. The SMILES string of the molecule is c1ccc(-c2nnc(-c3ccccc3)n2-c2cccc3c4ccccc4n(-c4ccccc4-c4cccc(-n5c6ccccc6c6cc7oc8ccccc8c7cc65)c4)c23)cc1. The molecule has 6 heteroatoms. The van der Waals surface area contributed by atoms with Crippen LogP contribution in [0.25, 0.3) is 117 Å². The molecule has 290 valence electrons. The molecular formula is C56H35N5O. The van der Waals surface area contributed by atoms with Crippen molar-refractivity contribution in [3.05, 3.63) is 212 Å². The van der Waals surface area contributed by atoms with E-state index in [0.717, 1.165) is 106 Å². The van der Waals surface area contributed by atoms with Crippen molar-refractivity contribution in [1.29, 1.82) is 0 Å². The van der Waals surface area contributed by atoms with Gasteiger partial charge in [-0.3, -0.25) is 4.57 Å². The molecule has 9 aromatic carbocycles. The van der Waals surface area contributed by atoms with Gasteiger partial charge in [0.1, 0.15) is 11.2 Å². The van der Waals surface area contributed by atoms with Crippen LogP contribution in [0.5, 0.6) is 0 Å². The Labute approximate surface area is 355 Å². The van der Waals surface area contributed by atoms with Crippen molar-refractivity contribution < 1.29 is 4.42 Å². The van der Waals surface area contributed by atoms with Gasteiger partial charge in [0.15, 0.2) is 11.6 Å². The summed E-state index contributed by atoms with van der Waals surface area (Å²) in [6.45, 7) is 0. The highest BCUT2D eigenvalue weighted by Gasteiger charge is 2.24. The monoisotopic (exact) mass is 793 g/mol. The van der Waals surface area contributed by atoms with Gasteiger partial charge in [-0.15, -0.1) is 10.2 Å². The van der Waals surface area contributed by atoms with Gasteiger partial charge in [0.05, 0.1) is 33.4 Å². The molecule has 0 bridgehead atoms. The molecule has 0 saturated carbocycles. The average Bonchev–Trinajstić information content (AvgIpc) is 4.11. The van der Waals surface area contributed by atoms with Crippen molar-refractivity contribution >= 4 is 65.6 Å². The smallest absolute Gasteiger partial charge is 0.168 e. The predicted molar refractivity (Wildman–Crippen MR) is 254 cm³/mol. The van der Waals surface area contributed by atoms with Gasteiger partial charge in [-0.1, -0.05) is 158 Å². The first kappa shape index (κ1) is 34.4. The van der Waals surface area contributed by atoms with Crippen molar-refractivity contribution in [2.24, 2.45) is 0 Å². The number of fused-ring (bicyclic) bond motifs is 9. The Bertz CT molecular complexity index is 3810. The lowest BCUT2D eigenvalue weighted by Gasteiger charge is -2.18. The van der Waals surface area contributed by atoms with E-state index in [1.807, 2.05) is 24.3 Å². The molecule has 0 aliphatic heterocycles. The Balaban J connectivity index is 1.06. The molecule has 62 heavy (non-hydrogen) atoms. The molecule has 0 spiro atoms. The second-order valence-corrected chi connectivity index (χ2v) is 15.8. The van der Waals surface area contributed by atoms with Crippen LogP contribution in [0.4, 0.5) is 0 Å². The van der Waals surface area contributed by atoms with Gasteiger partial charge < -0.3 is 13.6 Å². The highest BCUT2D eigenvalue weighted by Crippen LogP contribution is 2.42. The summed E-state index contributed by atoms with van der Waals surface area (Å²) < 4.78 is 13.4. The minimum Gasteiger partial charge on any atom is -0.456 e. The minimum atomic E-state index is 0.779. The number of furan rings is 1. The van der Waals surface area contributed by atoms with E-state index in [0.29, 0.717) is 0 Å².